The van der Waals surface area contributed by atoms with E-state index in [4.69, 9.17) is 11.6 Å². The summed E-state index contributed by atoms with van der Waals surface area (Å²) in [5.41, 5.74) is 0.987. The molecule has 110 valence electrons. The topological polar surface area (TPSA) is 23.6 Å². The Morgan fingerprint density at radius 2 is 1.85 bits per heavy atom. The zero-order valence-corrected chi connectivity index (χ0v) is 13.0. The number of rotatable bonds is 5. The molecular formula is C16H23ClN2O. The van der Waals surface area contributed by atoms with Crippen LogP contribution in [0.2, 0.25) is 0 Å². The number of alkyl halides is 1. The minimum absolute atomic E-state index is 0.130. The Kier molecular flexibility index (Phi) is 5.44. The molecule has 1 aromatic rings. The van der Waals surface area contributed by atoms with Crippen molar-refractivity contribution in [2.75, 3.05) is 24.9 Å². The number of nitrogens with zero attached hydrogens (tertiary/aromatic N) is 2. The minimum Gasteiger partial charge on any atom is -0.308 e. The number of halogens is 1. The lowest BCUT2D eigenvalue weighted by atomic mass is 10.1. The second kappa shape index (κ2) is 7.09. The molecule has 0 saturated heterocycles. The molecule has 20 heavy (non-hydrogen) atoms. The monoisotopic (exact) mass is 294 g/mol. The molecule has 2 atom stereocenters. The van der Waals surface area contributed by atoms with Gasteiger partial charge in [-0.1, -0.05) is 18.2 Å². The Bertz CT molecular complexity index is 435. The van der Waals surface area contributed by atoms with E-state index in [1.807, 2.05) is 35.2 Å². The van der Waals surface area contributed by atoms with Crippen LogP contribution in [0.1, 0.15) is 25.7 Å². The number of hydrogen-bond donors (Lipinski definition) is 0. The van der Waals surface area contributed by atoms with E-state index in [1.165, 1.54) is 6.42 Å². The summed E-state index contributed by atoms with van der Waals surface area (Å²) in [6, 6.07) is 10.6. The first-order chi connectivity index (χ1) is 9.65. The molecule has 1 fully saturated rings. The fraction of sp³-hybridized carbons (Fsp3) is 0.562. The third kappa shape index (κ3) is 3.33. The van der Waals surface area contributed by atoms with E-state index in [2.05, 4.69) is 19.0 Å². The van der Waals surface area contributed by atoms with Gasteiger partial charge in [0.1, 0.15) is 0 Å². The number of carbonyl (C=O) groups is 1. The van der Waals surface area contributed by atoms with Crippen molar-refractivity contribution in [3.05, 3.63) is 30.3 Å². The van der Waals surface area contributed by atoms with Gasteiger partial charge in [-0.15, -0.1) is 11.6 Å². The predicted molar refractivity (Wildman–Crippen MR) is 84.4 cm³/mol. The quantitative estimate of drug-likeness (QED) is 0.779. The van der Waals surface area contributed by atoms with Gasteiger partial charge in [-0.05, 0) is 45.5 Å². The molecule has 0 unspecified atom stereocenters. The summed E-state index contributed by atoms with van der Waals surface area (Å²) in [6.07, 6.45) is 3.78. The van der Waals surface area contributed by atoms with Gasteiger partial charge >= 0.3 is 0 Å². The van der Waals surface area contributed by atoms with Crippen LogP contribution in [0.15, 0.2) is 30.3 Å². The van der Waals surface area contributed by atoms with Gasteiger partial charge in [-0.3, -0.25) is 4.79 Å². The van der Waals surface area contributed by atoms with Crippen molar-refractivity contribution in [1.82, 2.24) is 4.90 Å². The maximum atomic E-state index is 12.5. The molecule has 1 aromatic carbocycles. The maximum Gasteiger partial charge on any atom is 0.228 e. The highest BCUT2D eigenvalue weighted by Crippen LogP contribution is 2.31. The van der Waals surface area contributed by atoms with Gasteiger partial charge in [0.15, 0.2) is 0 Å². The van der Waals surface area contributed by atoms with E-state index in [1.54, 1.807) is 0 Å². The first-order valence-electron chi connectivity index (χ1n) is 7.24. The van der Waals surface area contributed by atoms with Crippen molar-refractivity contribution >= 4 is 23.2 Å². The summed E-state index contributed by atoms with van der Waals surface area (Å²) < 4.78 is 0. The molecule has 2 rings (SSSR count). The molecule has 4 heteroatoms. The molecule has 1 aliphatic rings. The Morgan fingerprint density at radius 3 is 2.45 bits per heavy atom. The number of para-hydroxylation sites is 1. The molecule has 0 N–H and O–H groups in total. The van der Waals surface area contributed by atoms with Crippen molar-refractivity contribution in [1.29, 1.82) is 0 Å². The van der Waals surface area contributed by atoms with Crippen LogP contribution >= 0.6 is 11.6 Å². The van der Waals surface area contributed by atoms with Crippen molar-refractivity contribution in [3.63, 3.8) is 0 Å². The summed E-state index contributed by atoms with van der Waals surface area (Å²) >= 11 is 5.78. The Labute approximate surface area is 126 Å². The van der Waals surface area contributed by atoms with E-state index in [-0.39, 0.29) is 11.9 Å². The number of amides is 1. The average Bonchev–Trinajstić information content (AvgIpc) is 2.90. The van der Waals surface area contributed by atoms with Gasteiger partial charge in [0.25, 0.3) is 0 Å². The molecule has 3 nitrogen and oxygen atoms in total. The van der Waals surface area contributed by atoms with E-state index in [0.29, 0.717) is 18.3 Å². The standard InChI is InChI=1S/C16H23ClN2O/c1-18(2)14-9-6-10-15(14)19(16(20)11-12-17)13-7-4-3-5-8-13/h3-5,7-8,14-15H,6,9-12H2,1-2H3/t14-,15-/m1/s1. The van der Waals surface area contributed by atoms with Gasteiger partial charge in [0.05, 0.1) is 6.04 Å². The van der Waals surface area contributed by atoms with E-state index >= 15 is 0 Å². The molecule has 1 saturated carbocycles. The summed E-state index contributed by atoms with van der Waals surface area (Å²) in [5.74, 6) is 0.506. The van der Waals surface area contributed by atoms with Crippen LogP contribution in [-0.4, -0.2) is 42.9 Å². The summed E-state index contributed by atoms with van der Waals surface area (Å²) in [4.78, 5) is 16.7. The molecule has 0 aliphatic heterocycles. The molecule has 0 bridgehead atoms. The van der Waals surface area contributed by atoms with Crippen molar-refractivity contribution in [2.45, 2.75) is 37.8 Å². The fourth-order valence-corrected chi connectivity index (χ4v) is 3.30. The molecule has 0 spiro atoms. The zero-order chi connectivity index (χ0) is 14.5. The highest BCUT2D eigenvalue weighted by atomic mass is 35.5. The predicted octanol–water partition coefficient (Wildman–Crippen LogP) is 3.13. The van der Waals surface area contributed by atoms with Crippen LogP contribution in [0.3, 0.4) is 0 Å². The molecule has 1 aliphatic carbocycles. The summed E-state index contributed by atoms with van der Waals surface area (Å²) in [7, 11) is 4.19. The molecule has 0 heterocycles. The SMILES string of the molecule is CN(C)[C@@H]1CCC[C@H]1N(C(=O)CCCl)c1ccccc1. The Hall–Kier alpha value is -1.06. The normalized spacial score (nSPS) is 22.2. The molecule has 1 amide bonds. The Morgan fingerprint density at radius 1 is 1.20 bits per heavy atom. The number of carbonyl (C=O) groups excluding carboxylic acids is 1. The second-order valence-corrected chi connectivity index (χ2v) is 5.95. The lowest BCUT2D eigenvalue weighted by molar-refractivity contribution is -0.118. The number of hydrogen-bond acceptors (Lipinski definition) is 2. The lowest BCUT2D eigenvalue weighted by Gasteiger charge is -2.36. The van der Waals surface area contributed by atoms with Crippen molar-refractivity contribution in [2.24, 2.45) is 0 Å². The van der Waals surface area contributed by atoms with Crippen molar-refractivity contribution < 1.29 is 4.79 Å². The average molecular weight is 295 g/mol. The number of anilines is 1. The van der Waals surface area contributed by atoms with Gasteiger partial charge in [0, 0.05) is 24.0 Å². The molecular weight excluding hydrogens is 272 g/mol. The van der Waals surface area contributed by atoms with Gasteiger partial charge in [-0.25, -0.2) is 0 Å². The highest BCUT2D eigenvalue weighted by molar-refractivity contribution is 6.19. The smallest absolute Gasteiger partial charge is 0.228 e. The summed E-state index contributed by atoms with van der Waals surface area (Å²) in [5, 5.41) is 0. The largest absolute Gasteiger partial charge is 0.308 e. The third-order valence-electron chi connectivity index (χ3n) is 4.05. The van der Waals surface area contributed by atoms with Crippen LogP contribution in [0, 0.1) is 0 Å². The maximum absolute atomic E-state index is 12.5. The lowest BCUT2D eigenvalue weighted by Crippen LogP contribution is -2.49. The Balaban J connectivity index is 2.29. The summed E-state index contributed by atoms with van der Waals surface area (Å²) in [6.45, 7) is 0. The third-order valence-corrected chi connectivity index (χ3v) is 4.24. The van der Waals surface area contributed by atoms with Crippen LogP contribution in [0.25, 0.3) is 0 Å². The van der Waals surface area contributed by atoms with Crippen LogP contribution in [-0.2, 0) is 4.79 Å². The first kappa shape index (κ1) is 15.3. The second-order valence-electron chi connectivity index (χ2n) is 5.57. The number of likely N-dealkylation sites (N-methyl/N-ethyl adjacent to an activating group) is 1. The van der Waals surface area contributed by atoms with E-state index in [0.717, 1.165) is 18.5 Å². The van der Waals surface area contributed by atoms with Gasteiger partial charge in [-0.2, -0.15) is 0 Å². The first-order valence-corrected chi connectivity index (χ1v) is 7.78. The van der Waals surface area contributed by atoms with Crippen LogP contribution in [0.5, 0.6) is 0 Å². The number of benzene rings is 1. The van der Waals surface area contributed by atoms with Gasteiger partial charge in [0.2, 0.25) is 5.91 Å². The highest BCUT2D eigenvalue weighted by Gasteiger charge is 2.36. The zero-order valence-electron chi connectivity index (χ0n) is 12.3. The van der Waals surface area contributed by atoms with Crippen LogP contribution in [0.4, 0.5) is 5.69 Å². The minimum atomic E-state index is 0.130. The van der Waals surface area contributed by atoms with E-state index in [9.17, 15) is 4.79 Å². The van der Waals surface area contributed by atoms with Gasteiger partial charge < -0.3 is 9.80 Å². The molecule has 0 aromatic heterocycles. The van der Waals surface area contributed by atoms with Crippen LogP contribution < -0.4 is 4.90 Å². The van der Waals surface area contributed by atoms with E-state index < -0.39 is 0 Å². The molecule has 0 radical (unpaired) electrons. The van der Waals surface area contributed by atoms with Crippen molar-refractivity contribution in [3.8, 4) is 0 Å². The fourth-order valence-electron chi connectivity index (χ4n) is 3.13.